The molecule has 1 heterocycles. The van der Waals surface area contributed by atoms with Crippen LogP contribution in [0.25, 0.3) is 0 Å². The van der Waals surface area contributed by atoms with E-state index in [1.54, 1.807) is 0 Å². The van der Waals surface area contributed by atoms with Gasteiger partial charge in [0.2, 0.25) is 0 Å². The Balaban J connectivity index is 1.79. The highest BCUT2D eigenvalue weighted by atomic mass is 16.3. The van der Waals surface area contributed by atoms with Gasteiger partial charge in [0.25, 0.3) is 0 Å². The standard InChI is InChI=1S/C18H36N2O/c1-4-18(14-21,19-15(2)3)11-7-12-20-13-10-16-8-5-6-9-17(16)20/h15-17,19,21H,4-14H2,1-3H3. The molecule has 2 N–H and O–H groups in total. The molecule has 0 radical (unpaired) electrons. The Labute approximate surface area is 131 Å². The molecule has 3 heteroatoms. The summed E-state index contributed by atoms with van der Waals surface area (Å²) in [5.41, 5.74) is -0.0696. The van der Waals surface area contributed by atoms with E-state index in [-0.39, 0.29) is 12.1 Å². The minimum Gasteiger partial charge on any atom is -0.394 e. The SMILES string of the molecule is CCC(CO)(CCCN1CCC2CCCCC21)NC(C)C. The third-order valence-electron chi connectivity index (χ3n) is 5.80. The first-order chi connectivity index (χ1) is 10.1. The van der Waals surface area contributed by atoms with Crippen LogP contribution < -0.4 is 5.32 Å². The van der Waals surface area contributed by atoms with Crippen molar-refractivity contribution in [1.29, 1.82) is 0 Å². The molecule has 1 aliphatic heterocycles. The quantitative estimate of drug-likeness (QED) is 0.722. The number of fused-ring (bicyclic) bond motifs is 1. The zero-order valence-corrected chi connectivity index (χ0v) is 14.4. The van der Waals surface area contributed by atoms with Crippen molar-refractivity contribution in [3.8, 4) is 0 Å². The number of likely N-dealkylation sites (tertiary alicyclic amines) is 1. The number of aliphatic hydroxyl groups excluding tert-OH is 1. The van der Waals surface area contributed by atoms with Crippen molar-refractivity contribution >= 4 is 0 Å². The summed E-state index contributed by atoms with van der Waals surface area (Å²) in [7, 11) is 0. The number of aliphatic hydroxyl groups is 1. The van der Waals surface area contributed by atoms with E-state index in [0.717, 1.165) is 24.8 Å². The van der Waals surface area contributed by atoms with Gasteiger partial charge in [0.1, 0.15) is 0 Å². The van der Waals surface area contributed by atoms with Crippen LogP contribution in [-0.4, -0.2) is 47.3 Å². The summed E-state index contributed by atoms with van der Waals surface area (Å²) in [6.07, 6.45) is 10.5. The molecule has 2 fully saturated rings. The molecule has 0 aromatic rings. The Hall–Kier alpha value is -0.120. The van der Waals surface area contributed by atoms with Crippen molar-refractivity contribution in [2.24, 2.45) is 5.92 Å². The van der Waals surface area contributed by atoms with E-state index < -0.39 is 0 Å². The molecule has 0 amide bonds. The number of hydrogen-bond acceptors (Lipinski definition) is 3. The van der Waals surface area contributed by atoms with E-state index >= 15 is 0 Å². The van der Waals surface area contributed by atoms with Crippen LogP contribution in [-0.2, 0) is 0 Å². The molecule has 3 unspecified atom stereocenters. The molecular weight excluding hydrogens is 260 g/mol. The van der Waals surface area contributed by atoms with Crippen molar-refractivity contribution in [2.45, 2.75) is 89.8 Å². The molecule has 3 nitrogen and oxygen atoms in total. The van der Waals surface area contributed by atoms with Crippen LogP contribution in [0.15, 0.2) is 0 Å². The normalized spacial score (nSPS) is 29.6. The van der Waals surface area contributed by atoms with Crippen molar-refractivity contribution in [3.05, 3.63) is 0 Å². The van der Waals surface area contributed by atoms with E-state index in [1.165, 1.54) is 51.6 Å². The lowest BCUT2D eigenvalue weighted by molar-refractivity contribution is 0.124. The largest absolute Gasteiger partial charge is 0.394 e. The van der Waals surface area contributed by atoms with E-state index in [2.05, 4.69) is 31.0 Å². The molecule has 0 spiro atoms. The molecular formula is C18H36N2O. The monoisotopic (exact) mass is 296 g/mol. The van der Waals surface area contributed by atoms with Crippen LogP contribution >= 0.6 is 0 Å². The average molecular weight is 296 g/mol. The van der Waals surface area contributed by atoms with Crippen molar-refractivity contribution in [1.82, 2.24) is 10.2 Å². The number of nitrogens with one attached hydrogen (secondary N) is 1. The highest BCUT2D eigenvalue weighted by Gasteiger charge is 2.35. The maximum atomic E-state index is 9.83. The van der Waals surface area contributed by atoms with Crippen LogP contribution in [0.2, 0.25) is 0 Å². The molecule has 3 atom stereocenters. The lowest BCUT2D eigenvalue weighted by Gasteiger charge is -2.36. The first kappa shape index (κ1) is 17.2. The fourth-order valence-electron chi connectivity index (χ4n) is 4.60. The lowest BCUT2D eigenvalue weighted by Crippen LogP contribution is -2.51. The smallest absolute Gasteiger partial charge is 0.0613 e. The highest BCUT2D eigenvalue weighted by molar-refractivity contribution is 4.91. The summed E-state index contributed by atoms with van der Waals surface area (Å²) >= 11 is 0. The molecule has 1 saturated heterocycles. The maximum Gasteiger partial charge on any atom is 0.0613 e. The lowest BCUT2D eigenvalue weighted by atomic mass is 9.85. The fraction of sp³-hybridized carbons (Fsp3) is 1.00. The van der Waals surface area contributed by atoms with Gasteiger partial charge in [-0.05, 0) is 57.5 Å². The molecule has 0 aromatic heterocycles. The van der Waals surface area contributed by atoms with Gasteiger partial charge in [0.15, 0.2) is 0 Å². The summed E-state index contributed by atoms with van der Waals surface area (Å²) in [6.45, 7) is 9.33. The Morgan fingerprint density at radius 2 is 2.00 bits per heavy atom. The summed E-state index contributed by atoms with van der Waals surface area (Å²) in [4.78, 5) is 2.75. The molecule has 2 aliphatic rings. The molecule has 2 rings (SSSR count). The van der Waals surface area contributed by atoms with Gasteiger partial charge in [0.05, 0.1) is 6.61 Å². The van der Waals surface area contributed by atoms with Crippen molar-refractivity contribution < 1.29 is 5.11 Å². The van der Waals surface area contributed by atoms with Crippen LogP contribution in [0.1, 0.15) is 72.1 Å². The summed E-state index contributed by atoms with van der Waals surface area (Å²) in [5, 5.41) is 13.4. The summed E-state index contributed by atoms with van der Waals surface area (Å²) in [5.74, 6) is 0.987. The van der Waals surface area contributed by atoms with E-state index in [1.807, 2.05) is 0 Å². The highest BCUT2D eigenvalue weighted by Crippen LogP contribution is 2.36. The van der Waals surface area contributed by atoms with Gasteiger partial charge >= 0.3 is 0 Å². The molecule has 0 bridgehead atoms. The zero-order chi connectivity index (χ0) is 15.3. The Bertz CT molecular complexity index is 302. The molecule has 124 valence electrons. The van der Waals surface area contributed by atoms with Gasteiger partial charge in [-0.25, -0.2) is 0 Å². The summed E-state index contributed by atoms with van der Waals surface area (Å²) in [6, 6.07) is 1.31. The predicted octanol–water partition coefficient (Wildman–Crippen LogP) is 3.17. The topological polar surface area (TPSA) is 35.5 Å². The van der Waals surface area contributed by atoms with Gasteiger partial charge in [0, 0.05) is 17.6 Å². The zero-order valence-electron chi connectivity index (χ0n) is 14.4. The number of hydrogen-bond donors (Lipinski definition) is 2. The Morgan fingerprint density at radius 3 is 2.67 bits per heavy atom. The van der Waals surface area contributed by atoms with Gasteiger partial charge < -0.3 is 15.3 Å². The third-order valence-corrected chi connectivity index (χ3v) is 5.80. The van der Waals surface area contributed by atoms with Crippen LogP contribution in [0.4, 0.5) is 0 Å². The van der Waals surface area contributed by atoms with Crippen LogP contribution in [0.3, 0.4) is 0 Å². The van der Waals surface area contributed by atoms with Gasteiger partial charge in [-0.15, -0.1) is 0 Å². The van der Waals surface area contributed by atoms with Crippen LogP contribution in [0, 0.1) is 5.92 Å². The third kappa shape index (κ3) is 4.43. The van der Waals surface area contributed by atoms with E-state index in [4.69, 9.17) is 0 Å². The first-order valence-electron chi connectivity index (χ1n) is 9.23. The second-order valence-electron chi connectivity index (χ2n) is 7.63. The Morgan fingerprint density at radius 1 is 1.24 bits per heavy atom. The molecule has 21 heavy (non-hydrogen) atoms. The molecule has 1 aliphatic carbocycles. The van der Waals surface area contributed by atoms with Crippen molar-refractivity contribution in [3.63, 3.8) is 0 Å². The van der Waals surface area contributed by atoms with Gasteiger partial charge in [-0.1, -0.05) is 33.6 Å². The van der Waals surface area contributed by atoms with Gasteiger partial charge in [-0.2, -0.15) is 0 Å². The van der Waals surface area contributed by atoms with E-state index in [0.29, 0.717) is 6.04 Å². The minimum absolute atomic E-state index is 0.0696. The Kier molecular flexibility index (Phi) is 6.51. The second kappa shape index (κ2) is 7.94. The van der Waals surface area contributed by atoms with Gasteiger partial charge in [-0.3, -0.25) is 0 Å². The first-order valence-corrected chi connectivity index (χ1v) is 9.23. The predicted molar refractivity (Wildman–Crippen MR) is 89.5 cm³/mol. The minimum atomic E-state index is -0.0696. The second-order valence-corrected chi connectivity index (χ2v) is 7.63. The number of rotatable bonds is 8. The number of nitrogens with zero attached hydrogens (tertiary/aromatic N) is 1. The average Bonchev–Trinajstić information content (AvgIpc) is 2.89. The van der Waals surface area contributed by atoms with Crippen LogP contribution in [0.5, 0.6) is 0 Å². The molecule has 1 saturated carbocycles. The van der Waals surface area contributed by atoms with Crippen molar-refractivity contribution in [2.75, 3.05) is 19.7 Å². The molecule has 0 aromatic carbocycles. The fourth-order valence-corrected chi connectivity index (χ4v) is 4.60. The maximum absolute atomic E-state index is 9.83. The van der Waals surface area contributed by atoms with E-state index in [9.17, 15) is 5.11 Å². The summed E-state index contributed by atoms with van der Waals surface area (Å²) < 4.78 is 0.